The number of aliphatic imine (C=N–C) groups is 1. The van der Waals surface area contributed by atoms with Crippen molar-refractivity contribution in [2.45, 2.75) is 64.3 Å². The molecule has 244 valence electrons. The average Bonchev–Trinajstić information content (AvgIpc) is 3.77. The summed E-state index contributed by atoms with van der Waals surface area (Å²) in [4.78, 5) is 36.5. The highest BCUT2D eigenvalue weighted by molar-refractivity contribution is 8.15. The van der Waals surface area contributed by atoms with E-state index in [1.54, 1.807) is 4.90 Å². The second kappa shape index (κ2) is 13.2. The monoisotopic (exact) mass is 662 g/mol. The number of carbonyl (C=O) groups excluding carboxylic acids is 2. The lowest BCUT2D eigenvalue weighted by Crippen LogP contribution is -2.37. The molecule has 1 aliphatic carbocycles. The predicted molar refractivity (Wildman–Crippen MR) is 175 cm³/mol. The fraction of sp³-hybridized carbons (Fsp3) is 0.324. The second-order valence-electron chi connectivity index (χ2n) is 11.9. The smallest absolute Gasteiger partial charge is 0.406 e. The number of halogens is 3. The van der Waals surface area contributed by atoms with E-state index in [0.29, 0.717) is 16.7 Å². The van der Waals surface area contributed by atoms with Gasteiger partial charge < -0.3 is 10.1 Å². The van der Waals surface area contributed by atoms with Crippen molar-refractivity contribution in [3.63, 3.8) is 0 Å². The average molecular weight is 663 g/mol. The van der Waals surface area contributed by atoms with Gasteiger partial charge in [0.1, 0.15) is 12.1 Å². The molecular weight excluding hydrogens is 629 g/mol. The van der Waals surface area contributed by atoms with Gasteiger partial charge in [0.15, 0.2) is 11.0 Å². The predicted octanol–water partition coefficient (Wildman–Crippen LogP) is 7.75. The third kappa shape index (κ3) is 7.35. The van der Waals surface area contributed by atoms with Gasteiger partial charge in [-0.05, 0) is 72.7 Å². The molecule has 1 N–H and O–H groups in total. The van der Waals surface area contributed by atoms with Crippen LogP contribution in [0.15, 0.2) is 78.0 Å². The van der Waals surface area contributed by atoms with E-state index < -0.39 is 12.4 Å². The highest BCUT2D eigenvalue weighted by atomic mass is 32.2. The van der Waals surface area contributed by atoms with Gasteiger partial charge in [-0.2, -0.15) is 4.99 Å². The summed E-state index contributed by atoms with van der Waals surface area (Å²) in [6.07, 6.45) is -0.598. The molecule has 1 saturated carbocycles. The van der Waals surface area contributed by atoms with E-state index in [1.807, 2.05) is 49.4 Å². The molecule has 4 aromatic rings. The number of aryl methyl sites for hydroxylation is 1. The summed E-state index contributed by atoms with van der Waals surface area (Å²) in [5, 5.41) is 7.96. The molecule has 6 rings (SSSR count). The molecule has 1 saturated heterocycles. The van der Waals surface area contributed by atoms with E-state index in [0.717, 1.165) is 47.2 Å². The van der Waals surface area contributed by atoms with Crippen molar-refractivity contribution in [2.24, 2.45) is 4.99 Å². The van der Waals surface area contributed by atoms with Crippen LogP contribution in [0.2, 0.25) is 0 Å². The fourth-order valence-corrected chi connectivity index (χ4v) is 6.88. The molecule has 0 spiro atoms. The number of alkyl halides is 3. The Balaban J connectivity index is 1.13. The van der Waals surface area contributed by atoms with Gasteiger partial charge in [-0.3, -0.25) is 9.69 Å². The largest absolute Gasteiger partial charge is 0.573 e. The number of ether oxygens (including phenoxy) is 1. The van der Waals surface area contributed by atoms with Crippen LogP contribution in [-0.2, 0) is 4.79 Å². The van der Waals surface area contributed by atoms with Gasteiger partial charge in [-0.25, -0.2) is 14.5 Å². The number of amidine groups is 1. The number of aromatic nitrogens is 3. The molecule has 0 bridgehead atoms. The van der Waals surface area contributed by atoms with Crippen LogP contribution >= 0.6 is 11.8 Å². The van der Waals surface area contributed by atoms with Crippen LogP contribution in [0.25, 0.3) is 17.1 Å². The van der Waals surface area contributed by atoms with Crippen molar-refractivity contribution in [1.82, 2.24) is 20.1 Å². The Morgan fingerprint density at radius 1 is 1.06 bits per heavy atom. The highest BCUT2D eigenvalue weighted by Crippen LogP contribution is 2.37. The van der Waals surface area contributed by atoms with Crippen molar-refractivity contribution < 1.29 is 27.5 Å². The van der Waals surface area contributed by atoms with Crippen molar-refractivity contribution in [2.75, 3.05) is 10.7 Å². The number of rotatable bonds is 7. The van der Waals surface area contributed by atoms with Crippen LogP contribution < -0.4 is 15.0 Å². The first kappa shape index (κ1) is 32.3. The zero-order valence-corrected chi connectivity index (χ0v) is 26.8. The van der Waals surface area contributed by atoms with Gasteiger partial charge in [0.25, 0.3) is 0 Å². The van der Waals surface area contributed by atoms with Gasteiger partial charge in [0.2, 0.25) is 5.91 Å². The first-order valence-corrected chi connectivity index (χ1v) is 16.3. The molecule has 0 radical (unpaired) electrons. The molecule has 1 aliphatic heterocycles. The first-order valence-electron chi connectivity index (χ1n) is 15.3. The Morgan fingerprint density at radius 3 is 2.51 bits per heavy atom. The minimum Gasteiger partial charge on any atom is -0.406 e. The number of hydrogen-bond acceptors (Lipinski definition) is 6. The maximum atomic E-state index is 13.2. The molecule has 3 aromatic carbocycles. The molecular formula is C34H33F3N6O3S. The van der Waals surface area contributed by atoms with E-state index in [-0.39, 0.29) is 35.3 Å². The summed E-state index contributed by atoms with van der Waals surface area (Å²) in [5.41, 5.74) is 5.19. The quantitative estimate of drug-likeness (QED) is 0.217. The number of nitrogens with one attached hydrogen (secondary N) is 1. The number of benzene rings is 3. The SMILES string of the molecule is Cc1ccc(C(C)C)c(N2C(=O)CSC2=NC(=O)NC2CCCC2c2ccc(-c3ncn(-c4ccc(OC(F)(F)F)cc4)n3)cc2)c1. The number of nitrogens with zero attached hydrogens (tertiary/aromatic N) is 5. The normalized spacial score (nSPS) is 19.2. The highest BCUT2D eigenvalue weighted by Gasteiger charge is 2.34. The van der Waals surface area contributed by atoms with E-state index in [1.165, 1.54) is 47.0 Å². The van der Waals surface area contributed by atoms with E-state index >= 15 is 0 Å². The fourth-order valence-electron chi connectivity index (χ4n) is 6.03. The topological polar surface area (TPSA) is 102 Å². The summed E-state index contributed by atoms with van der Waals surface area (Å²) in [6.45, 7) is 6.12. The molecule has 2 fully saturated rings. The summed E-state index contributed by atoms with van der Waals surface area (Å²) in [6, 6.07) is 18.6. The van der Waals surface area contributed by atoms with Crippen LogP contribution in [0.5, 0.6) is 5.75 Å². The van der Waals surface area contributed by atoms with Crippen LogP contribution in [-0.4, -0.2) is 50.0 Å². The third-order valence-electron chi connectivity index (χ3n) is 8.26. The molecule has 2 aliphatic rings. The number of amides is 3. The van der Waals surface area contributed by atoms with Gasteiger partial charge >= 0.3 is 12.4 Å². The summed E-state index contributed by atoms with van der Waals surface area (Å²) >= 11 is 1.27. The van der Waals surface area contributed by atoms with E-state index in [4.69, 9.17) is 0 Å². The second-order valence-corrected chi connectivity index (χ2v) is 12.8. The number of urea groups is 1. The minimum atomic E-state index is -4.76. The molecule has 2 unspecified atom stereocenters. The Hall–Kier alpha value is -4.65. The molecule has 3 amide bonds. The number of carbonyl (C=O) groups is 2. The number of anilines is 1. The Labute approximate surface area is 274 Å². The third-order valence-corrected chi connectivity index (χ3v) is 9.18. The maximum absolute atomic E-state index is 13.2. The summed E-state index contributed by atoms with van der Waals surface area (Å²) in [7, 11) is 0. The maximum Gasteiger partial charge on any atom is 0.573 e. The standard InChI is InChI=1S/C34H33F3N6O3S/c1-20(2)26-16-7-21(3)17-29(26)43-30(44)18-47-33(43)40-32(45)39-28-6-4-5-27(28)22-8-10-23(11-9-22)31-38-19-42(41-31)24-12-14-25(15-13-24)46-34(35,36)37/h7-17,19-20,27-28H,4-6,18H2,1-3H3,(H,39,45). The molecule has 13 heteroatoms. The van der Waals surface area contributed by atoms with Crippen molar-refractivity contribution in [3.8, 4) is 22.8 Å². The Morgan fingerprint density at radius 2 is 1.81 bits per heavy atom. The lowest BCUT2D eigenvalue weighted by molar-refractivity contribution is -0.274. The number of hydrogen-bond donors (Lipinski definition) is 1. The van der Waals surface area contributed by atoms with Crippen LogP contribution in [0.1, 0.15) is 61.6 Å². The molecule has 9 nitrogen and oxygen atoms in total. The molecule has 1 aromatic heterocycles. The van der Waals surface area contributed by atoms with Crippen molar-refractivity contribution >= 4 is 34.6 Å². The van der Waals surface area contributed by atoms with Gasteiger partial charge in [0.05, 0.1) is 17.1 Å². The Bertz CT molecular complexity index is 1810. The van der Waals surface area contributed by atoms with Crippen molar-refractivity contribution in [3.05, 3.63) is 89.7 Å². The minimum absolute atomic E-state index is 0.0921. The van der Waals surface area contributed by atoms with Gasteiger partial charge in [0, 0.05) is 17.5 Å². The van der Waals surface area contributed by atoms with Crippen LogP contribution in [0.4, 0.5) is 23.7 Å². The van der Waals surface area contributed by atoms with Gasteiger partial charge in [-0.15, -0.1) is 18.3 Å². The van der Waals surface area contributed by atoms with Gasteiger partial charge in [-0.1, -0.05) is 68.4 Å². The zero-order valence-electron chi connectivity index (χ0n) is 26.0. The zero-order chi connectivity index (χ0) is 33.3. The summed E-state index contributed by atoms with van der Waals surface area (Å²) in [5.74, 6) is 0.560. The lowest BCUT2D eigenvalue weighted by atomic mass is 9.93. The van der Waals surface area contributed by atoms with Crippen molar-refractivity contribution in [1.29, 1.82) is 0 Å². The molecule has 2 heterocycles. The lowest BCUT2D eigenvalue weighted by Gasteiger charge is -2.23. The van der Waals surface area contributed by atoms with Crippen LogP contribution in [0.3, 0.4) is 0 Å². The summed E-state index contributed by atoms with van der Waals surface area (Å²) < 4.78 is 42.8. The molecule has 47 heavy (non-hydrogen) atoms. The number of thioether (sulfide) groups is 1. The Kier molecular flexibility index (Phi) is 9.09. The van der Waals surface area contributed by atoms with E-state index in [9.17, 15) is 22.8 Å². The van der Waals surface area contributed by atoms with E-state index in [2.05, 4.69) is 39.0 Å². The van der Waals surface area contributed by atoms with Crippen LogP contribution in [0, 0.1) is 6.92 Å². The first-order chi connectivity index (χ1) is 22.4. The molecule has 2 atom stereocenters.